The number of aromatic nitrogens is 2. The number of nitrogens with one attached hydrogen (secondary N) is 1. The van der Waals surface area contributed by atoms with Crippen molar-refractivity contribution in [2.45, 2.75) is 37.8 Å². The summed E-state index contributed by atoms with van der Waals surface area (Å²) in [4.78, 5) is 4.16. The second-order valence-electron chi connectivity index (χ2n) is 6.24. The summed E-state index contributed by atoms with van der Waals surface area (Å²) in [6.07, 6.45) is 5.94. The number of fused-ring (bicyclic) bond motifs is 1. The van der Waals surface area contributed by atoms with Crippen LogP contribution in [-0.2, 0) is 23.0 Å². The Kier molecular flexibility index (Phi) is 4.85. The van der Waals surface area contributed by atoms with Gasteiger partial charge in [0, 0.05) is 37.5 Å². The molecule has 3 rings (SSSR count). The van der Waals surface area contributed by atoms with Crippen molar-refractivity contribution in [1.82, 2.24) is 14.3 Å². The molecule has 130 valence electrons. The average molecular weight is 370 g/mol. The molecule has 1 aliphatic rings. The summed E-state index contributed by atoms with van der Waals surface area (Å²) >= 11 is 6.18. The highest BCUT2D eigenvalue weighted by Gasteiger charge is 2.26. The Hall–Kier alpha value is -1.57. The molecule has 2 atom stereocenters. The lowest BCUT2D eigenvalue weighted by atomic mass is 10.1. The maximum Gasteiger partial charge on any atom is 0.240 e. The van der Waals surface area contributed by atoms with Crippen LogP contribution < -0.4 is 9.46 Å². The third-order valence-electron chi connectivity index (χ3n) is 3.93. The summed E-state index contributed by atoms with van der Waals surface area (Å²) in [7, 11) is -3.61. The molecule has 6 nitrogen and oxygen atoms in total. The predicted octanol–water partition coefficient (Wildman–Crippen LogP) is 2.47. The molecule has 2 aromatic rings. The minimum Gasteiger partial charge on any atom is -0.489 e. The van der Waals surface area contributed by atoms with E-state index in [9.17, 15) is 8.42 Å². The van der Waals surface area contributed by atoms with E-state index >= 15 is 0 Å². The van der Waals surface area contributed by atoms with Crippen molar-refractivity contribution in [2.24, 2.45) is 5.92 Å². The SMILES string of the molecule is CC(CNS(=O)(=O)c1cc(Cl)c2c(c1)CC(C)O2)Cn1ccnc1. The number of ether oxygens (including phenoxy) is 1. The van der Waals surface area contributed by atoms with Gasteiger partial charge in [0.1, 0.15) is 11.9 Å². The predicted molar refractivity (Wildman–Crippen MR) is 91.8 cm³/mol. The molecule has 24 heavy (non-hydrogen) atoms. The molecule has 1 aliphatic heterocycles. The van der Waals surface area contributed by atoms with Crippen molar-refractivity contribution in [2.75, 3.05) is 6.54 Å². The maximum atomic E-state index is 12.5. The lowest BCUT2D eigenvalue weighted by molar-refractivity contribution is 0.255. The van der Waals surface area contributed by atoms with Crippen LogP contribution in [0, 0.1) is 5.92 Å². The largest absolute Gasteiger partial charge is 0.489 e. The van der Waals surface area contributed by atoms with Crippen molar-refractivity contribution in [1.29, 1.82) is 0 Å². The van der Waals surface area contributed by atoms with Crippen molar-refractivity contribution in [3.05, 3.63) is 41.4 Å². The number of imidazole rings is 1. The molecular weight excluding hydrogens is 350 g/mol. The number of nitrogens with zero attached hydrogens (tertiary/aromatic N) is 2. The van der Waals surface area contributed by atoms with Gasteiger partial charge in [0.2, 0.25) is 10.0 Å². The monoisotopic (exact) mass is 369 g/mol. The highest BCUT2D eigenvalue weighted by molar-refractivity contribution is 7.89. The van der Waals surface area contributed by atoms with Gasteiger partial charge in [-0.3, -0.25) is 0 Å². The van der Waals surface area contributed by atoms with E-state index in [4.69, 9.17) is 16.3 Å². The number of benzene rings is 1. The summed E-state index contributed by atoms with van der Waals surface area (Å²) in [6, 6.07) is 3.09. The van der Waals surface area contributed by atoms with E-state index in [2.05, 4.69) is 9.71 Å². The Morgan fingerprint density at radius 1 is 1.50 bits per heavy atom. The van der Waals surface area contributed by atoms with Gasteiger partial charge in [-0.05, 0) is 25.0 Å². The highest BCUT2D eigenvalue weighted by atomic mass is 35.5. The Labute approximate surface area is 146 Å². The normalized spacial score (nSPS) is 18.2. The lowest BCUT2D eigenvalue weighted by Crippen LogP contribution is -2.30. The first-order valence-corrected chi connectivity index (χ1v) is 9.66. The van der Waals surface area contributed by atoms with Gasteiger partial charge in [0.15, 0.2) is 0 Å². The highest BCUT2D eigenvalue weighted by Crippen LogP contribution is 2.37. The van der Waals surface area contributed by atoms with Crippen LogP contribution in [0.25, 0.3) is 0 Å². The fraction of sp³-hybridized carbons (Fsp3) is 0.438. The first-order valence-electron chi connectivity index (χ1n) is 7.79. The summed E-state index contributed by atoms with van der Waals surface area (Å²) < 4.78 is 35.3. The molecule has 2 heterocycles. The number of halogens is 1. The fourth-order valence-electron chi connectivity index (χ4n) is 2.77. The van der Waals surface area contributed by atoms with Crippen molar-refractivity contribution in [3.8, 4) is 5.75 Å². The van der Waals surface area contributed by atoms with Crippen LogP contribution in [0.15, 0.2) is 35.7 Å². The number of sulfonamides is 1. The summed E-state index contributed by atoms with van der Waals surface area (Å²) in [5, 5.41) is 0.337. The molecule has 8 heteroatoms. The summed E-state index contributed by atoms with van der Waals surface area (Å²) in [6.45, 7) is 4.94. The Balaban J connectivity index is 1.70. The minimum absolute atomic E-state index is 0.0126. The van der Waals surface area contributed by atoms with E-state index in [1.165, 1.54) is 6.07 Å². The van der Waals surface area contributed by atoms with Crippen LogP contribution in [-0.4, -0.2) is 30.6 Å². The Morgan fingerprint density at radius 2 is 2.29 bits per heavy atom. The van der Waals surface area contributed by atoms with Crippen LogP contribution in [0.5, 0.6) is 5.75 Å². The van der Waals surface area contributed by atoms with Crippen molar-refractivity contribution < 1.29 is 13.2 Å². The smallest absolute Gasteiger partial charge is 0.240 e. The summed E-state index contributed by atoms with van der Waals surface area (Å²) in [5.74, 6) is 0.721. The first-order chi connectivity index (χ1) is 11.3. The van der Waals surface area contributed by atoms with E-state index in [1.807, 2.05) is 24.6 Å². The third kappa shape index (κ3) is 3.74. The molecular formula is C16H20ClN3O3S. The zero-order valence-corrected chi connectivity index (χ0v) is 15.1. The van der Waals surface area contributed by atoms with E-state index in [0.717, 1.165) is 5.56 Å². The van der Waals surface area contributed by atoms with E-state index in [1.54, 1.807) is 18.6 Å². The van der Waals surface area contributed by atoms with E-state index in [0.29, 0.717) is 30.3 Å². The van der Waals surface area contributed by atoms with Gasteiger partial charge in [-0.2, -0.15) is 0 Å². The van der Waals surface area contributed by atoms with Crippen LogP contribution in [0.3, 0.4) is 0 Å². The van der Waals surface area contributed by atoms with Gasteiger partial charge < -0.3 is 9.30 Å². The van der Waals surface area contributed by atoms with Crippen molar-refractivity contribution >= 4 is 21.6 Å². The topological polar surface area (TPSA) is 73.2 Å². The van der Waals surface area contributed by atoms with E-state index in [-0.39, 0.29) is 16.9 Å². The van der Waals surface area contributed by atoms with Crippen molar-refractivity contribution in [3.63, 3.8) is 0 Å². The van der Waals surface area contributed by atoms with Gasteiger partial charge in [0.05, 0.1) is 16.2 Å². The molecule has 0 fully saturated rings. The zero-order valence-electron chi connectivity index (χ0n) is 13.6. The van der Waals surface area contributed by atoms with Crippen LogP contribution >= 0.6 is 11.6 Å². The molecule has 0 bridgehead atoms. The molecule has 0 amide bonds. The quantitative estimate of drug-likeness (QED) is 0.848. The third-order valence-corrected chi connectivity index (χ3v) is 5.62. The van der Waals surface area contributed by atoms with Crippen LogP contribution in [0.1, 0.15) is 19.4 Å². The maximum absolute atomic E-state index is 12.5. The first kappa shape index (κ1) is 17.3. The molecule has 1 aromatic heterocycles. The van der Waals surface area contributed by atoms with Crippen LogP contribution in [0.4, 0.5) is 0 Å². The second kappa shape index (κ2) is 6.74. The molecule has 1 N–H and O–H groups in total. The van der Waals surface area contributed by atoms with Gasteiger partial charge >= 0.3 is 0 Å². The molecule has 0 aliphatic carbocycles. The molecule has 0 radical (unpaired) electrons. The minimum atomic E-state index is -3.61. The van der Waals surface area contributed by atoms with E-state index < -0.39 is 10.0 Å². The Morgan fingerprint density at radius 3 is 3.00 bits per heavy atom. The standard InChI is InChI=1S/C16H20ClN3O3S/c1-11(9-20-4-3-18-10-20)8-19-24(21,22)14-6-13-5-12(2)23-16(13)15(17)7-14/h3-4,6-7,10-12,19H,5,8-9H2,1-2H3. The number of hydrogen-bond acceptors (Lipinski definition) is 4. The fourth-order valence-corrected chi connectivity index (χ4v) is 4.36. The van der Waals surface area contributed by atoms with Gasteiger partial charge in [-0.25, -0.2) is 18.1 Å². The average Bonchev–Trinajstić information content (AvgIpc) is 3.14. The second-order valence-corrected chi connectivity index (χ2v) is 8.42. The number of hydrogen-bond donors (Lipinski definition) is 1. The van der Waals surface area contributed by atoms with Gasteiger partial charge in [-0.15, -0.1) is 0 Å². The Bertz CT molecular complexity index is 821. The molecule has 1 aromatic carbocycles. The molecule has 0 saturated heterocycles. The molecule has 0 spiro atoms. The molecule has 0 saturated carbocycles. The van der Waals surface area contributed by atoms with Crippen LogP contribution in [0.2, 0.25) is 5.02 Å². The van der Waals surface area contributed by atoms with Gasteiger partial charge in [0.25, 0.3) is 0 Å². The molecule has 2 unspecified atom stereocenters. The lowest BCUT2D eigenvalue weighted by Gasteiger charge is -2.14. The zero-order chi connectivity index (χ0) is 17.3. The van der Waals surface area contributed by atoms with Gasteiger partial charge in [-0.1, -0.05) is 18.5 Å². The summed E-state index contributed by atoms with van der Waals surface area (Å²) in [5.41, 5.74) is 0.835. The number of rotatable bonds is 6.